The summed E-state index contributed by atoms with van der Waals surface area (Å²) in [4.78, 5) is 18.9. The van der Waals surface area contributed by atoms with Crippen LogP contribution in [0.25, 0.3) is 0 Å². The van der Waals surface area contributed by atoms with Gasteiger partial charge in [0.05, 0.1) is 18.3 Å². The Balaban J connectivity index is 1.73. The zero-order chi connectivity index (χ0) is 16.4. The summed E-state index contributed by atoms with van der Waals surface area (Å²) in [6.07, 6.45) is 4.37. The van der Waals surface area contributed by atoms with E-state index in [0.717, 1.165) is 18.6 Å². The molecule has 1 fully saturated rings. The van der Waals surface area contributed by atoms with Crippen LogP contribution in [0.1, 0.15) is 62.7 Å². The van der Waals surface area contributed by atoms with Gasteiger partial charge in [-0.05, 0) is 38.3 Å². The summed E-state index contributed by atoms with van der Waals surface area (Å²) in [5, 5.41) is 6.94. The number of amides is 2. The van der Waals surface area contributed by atoms with Gasteiger partial charge in [0, 0.05) is 13.0 Å². The molecule has 0 spiro atoms. The van der Waals surface area contributed by atoms with Gasteiger partial charge in [-0.25, -0.2) is 4.79 Å². The molecule has 0 saturated heterocycles. The summed E-state index contributed by atoms with van der Waals surface area (Å²) in [6.45, 7) is 5.70. The molecule has 2 amide bonds. The fraction of sp³-hybridized carbons (Fsp3) is 0.562. The fourth-order valence-corrected chi connectivity index (χ4v) is 2.71. The lowest BCUT2D eigenvalue weighted by Gasteiger charge is -2.29. The molecule has 124 valence electrons. The largest absolute Gasteiger partial charge is 0.467 e. The number of hydrogen-bond acceptors (Lipinski definition) is 5. The van der Waals surface area contributed by atoms with Crippen LogP contribution in [0.2, 0.25) is 0 Å². The number of furan rings is 1. The number of aryl methyl sites for hydroxylation is 1. The summed E-state index contributed by atoms with van der Waals surface area (Å²) in [6, 6.07) is 3.51. The lowest BCUT2D eigenvalue weighted by Crippen LogP contribution is -2.44. The first-order valence-electron chi connectivity index (χ1n) is 8.02. The van der Waals surface area contributed by atoms with Crippen molar-refractivity contribution in [3.05, 3.63) is 35.9 Å². The van der Waals surface area contributed by atoms with Gasteiger partial charge in [0.25, 0.3) is 0 Å². The van der Waals surface area contributed by atoms with Crippen molar-refractivity contribution in [1.29, 1.82) is 0 Å². The molecule has 23 heavy (non-hydrogen) atoms. The highest BCUT2D eigenvalue weighted by Crippen LogP contribution is 2.34. The number of hydrogen-bond donors (Lipinski definition) is 1. The van der Waals surface area contributed by atoms with Gasteiger partial charge in [0.1, 0.15) is 5.76 Å². The van der Waals surface area contributed by atoms with Crippen LogP contribution >= 0.6 is 0 Å². The van der Waals surface area contributed by atoms with E-state index in [4.69, 9.17) is 8.94 Å². The van der Waals surface area contributed by atoms with E-state index in [-0.39, 0.29) is 24.2 Å². The van der Waals surface area contributed by atoms with Crippen molar-refractivity contribution in [1.82, 2.24) is 20.4 Å². The first-order chi connectivity index (χ1) is 11.1. The maximum absolute atomic E-state index is 12.8. The number of carbonyl (C=O) groups excluding carboxylic acids is 1. The van der Waals surface area contributed by atoms with E-state index < -0.39 is 0 Å². The summed E-state index contributed by atoms with van der Waals surface area (Å²) in [5.74, 6) is 1.80. The Morgan fingerprint density at radius 1 is 1.52 bits per heavy atom. The second kappa shape index (κ2) is 6.44. The van der Waals surface area contributed by atoms with E-state index >= 15 is 0 Å². The van der Waals surface area contributed by atoms with E-state index in [1.54, 1.807) is 13.2 Å². The van der Waals surface area contributed by atoms with Crippen LogP contribution in [-0.2, 0) is 0 Å². The monoisotopic (exact) mass is 318 g/mol. The van der Waals surface area contributed by atoms with Gasteiger partial charge in [-0.1, -0.05) is 12.1 Å². The van der Waals surface area contributed by atoms with Crippen molar-refractivity contribution < 1.29 is 13.7 Å². The summed E-state index contributed by atoms with van der Waals surface area (Å²) >= 11 is 0. The van der Waals surface area contributed by atoms with Crippen molar-refractivity contribution in [3.8, 4) is 0 Å². The highest BCUT2D eigenvalue weighted by molar-refractivity contribution is 5.75. The quantitative estimate of drug-likeness (QED) is 0.883. The molecule has 1 aliphatic rings. The Morgan fingerprint density at radius 2 is 2.30 bits per heavy atom. The number of rotatable bonds is 6. The maximum Gasteiger partial charge on any atom is 0.318 e. The van der Waals surface area contributed by atoms with Crippen LogP contribution in [0, 0.1) is 6.92 Å². The molecule has 0 aliphatic heterocycles. The molecule has 0 aromatic carbocycles. The van der Waals surface area contributed by atoms with Crippen LogP contribution in [0.15, 0.2) is 27.3 Å². The zero-order valence-electron chi connectivity index (χ0n) is 13.7. The Bertz CT molecular complexity index is 648. The van der Waals surface area contributed by atoms with Crippen LogP contribution in [0.5, 0.6) is 0 Å². The fourth-order valence-electron chi connectivity index (χ4n) is 2.71. The van der Waals surface area contributed by atoms with Crippen molar-refractivity contribution in [2.45, 2.75) is 58.2 Å². The van der Waals surface area contributed by atoms with Crippen molar-refractivity contribution >= 4 is 6.03 Å². The van der Waals surface area contributed by atoms with Gasteiger partial charge in [-0.2, -0.15) is 4.98 Å². The molecular formula is C16H22N4O3. The van der Waals surface area contributed by atoms with Gasteiger partial charge >= 0.3 is 6.03 Å². The van der Waals surface area contributed by atoms with Gasteiger partial charge in [0.2, 0.25) is 5.89 Å². The maximum atomic E-state index is 12.8. The van der Waals surface area contributed by atoms with Crippen molar-refractivity contribution in [2.75, 3.05) is 0 Å². The second-order valence-electron chi connectivity index (χ2n) is 5.91. The number of carbonyl (C=O) groups is 1. The summed E-state index contributed by atoms with van der Waals surface area (Å²) in [7, 11) is 0. The van der Waals surface area contributed by atoms with Gasteiger partial charge < -0.3 is 19.2 Å². The van der Waals surface area contributed by atoms with Gasteiger partial charge in [0.15, 0.2) is 5.82 Å². The molecule has 0 bridgehead atoms. The van der Waals surface area contributed by atoms with Crippen molar-refractivity contribution in [2.24, 2.45) is 0 Å². The Hall–Kier alpha value is -2.31. The summed E-state index contributed by atoms with van der Waals surface area (Å²) in [5.41, 5.74) is 0. The number of nitrogens with zero attached hydrogens (tertiary/aromatic N) is 3. The lowest BCUT2D eigenvalue weighted by molar-refractivity contribution is 0.161. The highest BCUT2D eigenvalue weighted by atomic mass is 16.5. The average molecular weight is 318 g/mol. The second-order valence-corrected chi connectivity index (χ2v) is 5.91. The predicted molar refractivity (Wildman–Crippen MR) is 82.6 cm³/mol. The minimum absolute atomic E-state index is 0.109. The zero-order valence-corrected chi connectivity index (χ0v) is 13.7. The minimum atomic E-state index is -0.259. The van der Waals surface area contributed by atoms with E-state index in [1.165, 1.54) is 0 Å². The lowest BCUT2D eigenvalue weighted by atomic mass is 10.2. The average Bonchev–Trinajstić information content (AvgIpc) is 3.03. The number of aromatic nitrogens is 2. The standard InChI is InChI=1S/C16H22N4O3/c1-4-13(15-17-11(3)23-19-15)18-16(21)20(12-7-8-12)10(2)14-6-5-9-22-14/h5-6,9-10,12-13H,4,7-8H2,1-3H3,(H,18,21)/t10-,13+/m1/s1. The molecule has 2 atom stereocenters. The molecular weight excluding hydrogens is 296 g/mol. The molecule has 0 radical (unpaired) electrons. The first kappa shape index (κ1) is 15.6. The number of urea groups is 1. The molecule has 3 rings (SSSR count). The first-order valence-corrected chi connectivity index (χ1v) is 8.02. The van der Waals surface area contributed by atoms with Crippen molar-refractivity contribution in [3.63, 3.8) is 0 Å². The molecule has 2 heterocycles. The Kier molecular flexibility index (Phi) is 4.36. The van der Waals surface area contributed by atoms with Crippen LogP contribution in [0.3, 0.4) is 0 Å². The van der Waals surface area contributed by atoms with Crippen LogP contribution in [-0.4, -0.2) is 27.1 Å². The van der Waals surface area contributed by atoms with Gasteiger partial charge in [-0.15, -0.1) is 0 Å². The molecule has 7 nitrogen and oxygen atoms in total. The molecule has 2 aromatic rings. The molecule has 0 unspecified atom stereocenters. The third kappa shape index (κ3) is 3.38. The minimum Gasteiger partial charge on any atom is -0.467 e. The predicted octanol–water partition coefficient (Wildman–Crippen LogP) is 3.36. The Labute approximate surface area is 135 Å². The normalized spacial score (nSPS) is 16.8. The highest BCUT2D eigenvalue weighted by Gasteiger charge is 2.38. The topological polar surface area (TPSA) is 84.4 Å². The Morgan fingerprint density at radius 3 is 2.83 bits per heavy atom. The van der Waals surface area contributed by atoms with E-state index in [0.29, 0.717) is 18.1 Å². The molecule has 2 aromatic heterocycles. The molecule has 1 aliphatic carbocycles. The molecule has 1 N–H and O–H groups in total. The van der Waals surface area contributed by atoms with Gasteiger partial charge in [-0.3, -0.25) is 0 Å². The third-order valence-corrected chi connectivity index (χ3v) is 4.11. The number of nitrogens with one attached hydrogen (secondary N) is 1. The SMILES string of the molecule is CC[C@H](NC(=O)N(C1CC1)[C@H](C)c1ccco1)c1noc(C)n1. The van der Waals surface area contributed by atoms with Crippen LogP contribution < -0.4 is 5.32 Å². The van der Waals surface area contributed by atoms with Crippen LogP contribution in [0.4, 0.5) is 4.79 Å². The van der Waals surface area contributed by atoms with E-state index in [2.05, 4.69) is 15.5 Å². The summed E-state index contributed by atoms with van der Waals surface area (Å²) < 4.78 is 10.5. The third-order valence-electron chi connectivity index (χ3n) is 4.11. The molecule has 1 saturated carbocycles. The molecule has 7 heteroatoms. The van der Waals surface area contributed by atoms with E-state index in [9.17, 15) is 4.79 Å². The van der Waals surface area contributed by atoms with E-state index in [1.807, 2.05) is 30.9 Å². The smallest absolute Gasteiger partial charge is 0.318 e.